The standard InChI is InChI=1S/C22H25BrN4O2S/c1-4-29-19-11-9-18(10-12-19)27-21(16-5-7-17(23)8-6-16)25-26-22(27)30-14-20(28)24-13-15(2)3/h5-12,15H,4,13-14H2,1-3H3,(H,24,28). The van der Waals surface area contributed by atoms with E-state index in [1.54, 1.807) is 0 Å². The molecule has 1 amide bonds. The number of thioether (sulfide) groups is 1. The van der Waals surface area contributed by atoms with Gasteiger partial charge in [0.05, 0.1) is 12.4 Å². The first-order valence-electron chi connectivity index (χ1n) is 9.82. The lowest BCUT2D eigenvalue weighted by Crippen LogP contribution is -2.28. The van der Waals surface area contributed by atoms with E-state index in [1.807, 2.05) is 60.0 Å². The van der Waals surface area contributed by atoms with E-state index in [9.17, 15) is 4.79 Å². The zero-order valence-corrected chi connectivity index (χ0v) is 19.7. The molecule has 0 saturated carbocycles. The van der Waals surface area contributed by atoms with Gasteiger partial charge in [0.15, 0.2) is 11.0 Å². The van der Waals surface area contributed by atoms with Crippen molar-refractivity contribution in [1.29, 1.82) is 0 Å². The second-order valence-corrected chi connectivity index (χ2v) is 8.92. The van der Waals surface area contributed by atoms with Crippen LogP contribution in [0.4, 0.5) is 0 Å². The van der Waals surface area contributed by atoms with E-state index in [4.69, 9.17) is 4.74 Å². The fraction of sp³-hybridized carbons (Fsp3) is 0.318. The quantitative estimate of drug-likeness (QED) is 0.431. The molecule has 0 aliphatic rings. The molecular weight excluding hydrogens is 464 g/mol. The van der Waals surface area contributed by atoms with Crippen LogP contribution in [0.25, 0.3) is 17.1 Å². The SMILES string of the molecule is CCOc1ccc(-n2c(SCC(=O)NCC(C)C)nnc2-c2ccc(Br)cc2)cc1. The Kier molecular flexibility index (Phi) is 7.93. The topological polar surface area (TPSA) is 69.0 Å². The molecular formula is C22H25BrN4O2S. The number of carbonyl (C=O) groups excluding carboxylic acids is 1. The molecule has 0 spiro atoms. The molecule has 1 heterocycles. The molecule has 0 aliphatic heterocycles. The molecule has 0 saturated heterocycles. The predicted molar refractivity (Wildman–Crippen MR) is 124 cm³/mol. The summed E-state index contributed by atoms with van der Waals surface area (Å²) in [5.41, 5.74) is 1.85. The summed E-state index contributed by atoms with van der Waals surface area (Å²) < 4.78 is 8.52. The predicted octanol–water partition coefficient (Wildman–Crippen LogP) is 4.96. The third kappa shape index (κ3) is 5.86. The van der Waals surface area contributed by atoms with Crippen LogP contribution in [0.2, 0.25) is 0 Å². The molecule has 6 nitrogen and oxygen atoms in total. The highest BCUT2D eigenvalue weighted by Crippen LogP contribution is 2.29. The van der Waals surface area contributed by atoms with Crippen LogP contribution in [0.1, 0.15) is 20.8 Å². The zero-order chi connectivity index (χ0) is 21.5. The van der Waals surface area contributed by atoms with Crippen LogP contribution in [0, 0.1) is 5.92 Å². The highest BCUT2D eigenvalue weighted by molar-refractivity contribution is 9.10. The summed E-state index contributed by atoms with van der Waals surface area (Å²) in [6, 6.07) is 15.7. The van der Waals surface area contributed by atoms with Gasteiger partial charge < -0.3 is 10.1 Å². The largest absolute Gasteiger partial charge is 0.494 e. The minimum atomic E-state index is -0.0138. The third-order valence-electron chi connectivity index (χ3n) is 4.18. The summed E-state index contributed by atoms with van der Waals surface area (Å²) in [6.07, 6.45) is 0. The van der Waals surface area contributed by atoms with E-state index in [0.717, 1.165) is 27.3 Å². The number of benzene rings is 2. The van der Waals surface area contributed by atoms with Gasteiger partial charge in [0.25, 0.3) is 0 Å². The van der Waals surface area contributed by atoms with Gasteiger partial charge >= 0.3 is 0 Å². The second kappa shape index (κ2) is 10.6. The Morgan fingerprint density at radius 1 is 1.13 bits per heavy atom. The molecule has 0 atom stereocenters. The maximum absolute atomic E-state index is 12.2. The highest BCUT2D eigenvalue weighted by Gasteiger charge is 2.17. The number of carbonyl (C=O) groups is 1. The third-order valence-corrected chi connectivity index (χ3v) is 5.64. The normalized spacial score (nSPS) is 11.0. The van der Waals surface area contributed by atoms with Gasteiger partial charge in [-0.15, -0.1) is 10.2 Å². The lowest BCUT2D eigenvalue weighted by molar-refractivity contribution is -0.118. The lowest BCUT2D eigenvalue weighted by Gasteiger charge is -2.12. The van der Waals surface area contributed by atoms with E-state index >= 15 is 0 Å². The van der Waals surface area contributed by atoms with Crippen LogP contribution < -0.4 is 10.1 Å². The Labute approximate surface area is 189 Å². The van der Waals surface area contributed by atoms with Crippen LogP contribution in [-0.2, 0) is 4.79 Å². The van der Waals surface area contributed by atoms with Crippen LogP contribution >= 0.6 is 27.7 Å². The van der Waals surface area contributed by atoms with Gasteiger partial charge in [0.1, 0.15) is 5.75 Å². The van der Waals surface area contributed by atoms with Crippen molar-refractivity contribution in [2.24, 2.45) is 5.92 Å². The van der Waals surface area contributed by atoms with Crippen molar-refractivity contribution in [3.8, 4) is 22.8 Å². The van der Waals surface area contributed by atoms with Gasteiger partial charge in [-0.05, 0) is 49.2 Å². The first-order valence-corrected chi connectivity index (χ1v) is 11.6. The zero-order valence-electron chi connectivity index (χ0n) is 17.3. The van der Waals surface area contributed by atoms with E-state index in [0.29, 0.717) is 24.2 Å². The van der Waals surface area contributed by atoms with Crippen LogP contribution in [-0.4, -0.2) is 39.6 Å². The molecule has 0 bridgehead atoms. The molecule has 0 fully saturated rings. The lowest BCUT2D eigenvalue weighted by atomic mass is 10.2. The number of nitrogens with one attached hydrogen (secondary N) is 1. The van der Waals surface area contributed by atoms with Gasteiger partial charge in [0, 0.05) is 22.3 Å². The van der Waals surface area contributed by atoms with Crippen molar-refractivity contribution in [3.63, 3.8) is 0 Å². The monoisotopic (exact) mass is 488 g/mol. The van der Waals surface area contributed by atoms with Gasteiger partial charge in [-0.25, -0.2) is 0 Å². The summed E-state index contributed by atoms with van der Waals surface area (Å²) in [6.45, 7) is 7.37. The van der Waals surface area contributed by atoms with Crippen LogP contribution in [0.5, 0.6) is 5.75 Å². The second-order valence-electron chi connectivity index (χ2n) is 7.06. The highest BCUT2D eigenvalue weighted by atomic mass is 79.9. The molecule has 0 unspecified atom stereocenters. The van der Waals surface area contributed by atoms with Crippen LogP contribution in [0.3, 0.4) is 0 Å². The van der Waals surface area contributed by atoms with Crippen molar-refractivity contribution < 1.29 is 9.53 Å². The van der Waals surface area contributed by atoms with Crippen molar-refractivity contribution >= 4 is 33.6 Å². The maximum Gasteiger partial charge on any atom is 0.230 e. The van der Waals surface area contributed by atoms with E-state index < -0.39 is 0 Å². The number of halogens is 1. The number of amides is 1. The smallest absolute Gasteiger partial charge is 0.230 e. The Hall–Kier alpha value is -2.32. The van der Waals surface area contributed by atoms with E-state index in [1.165, 1.54) is 11.8 Å². The minimum absolute atomic E-state index is 0.0138. The van der Waals surface area contributed by atoms with Crippen molar-refractivity contribution in [1.82, 2.24) is 20.1 Å². The maximum atomic E-state index is 12.2. The number of rotatable bonds is 9. The number of hydrogen-bond acceptors (Lipinski definition) is 5. The van der Waals surface area contributed by atoms with Gasteiger partial charge in [-0.1, -0.05) is 53.7 Å². The summed E-state index contributed by atoms with van der Waals surface area (Å²) >= 11 is 4.84. The van der Waals surface area contributed by atoms with Crippen molar-refractivity contribution in [2.45, 2.75) is 25.9 Å². The van der Waals surface area contributed by atoms with Crippen LogP contribution in [0.15, 0.2) is 58.2 Å². The molecule has 8 heteroatoms. The summed E-state index contributed by atoms with van der Waals surface area (Å²) in [7, 11) is 0. The molecule has 30 heavy (non-hydrogen) atoms. The molecule has 2 aromatic carbocycles. The fourth-order valence-corrected chi connectivity index (χ4v) is 3.79. The Morgan fingerprint density at radius 3 is 2.47 bits per heavy atom. The Balaban J connectivity index is 1.90. The molecule has 3 aromatic rings. The Morgan fingerprint density at radius 2 is 1.83 bits per heavy atom. The van der Waals surface area contributed by atoms with Gasteiger partial charge in [-0.2, -0.15) is 0 Å². The number of nitrogens with zero attached hydrogens (tertiary/aromatic N) is 3. The van der Waals surface area contributed by atoms with Gasteiger partial charge in [0.2, 0.25) is 5.91 Å². The summed E-state index contributed by atoms with van der Waals surface area (Å²) in [5, 5.41) is 12.4. The molecule has 1 N–H and O–H groups in total. The molecule has 1 aromatic heterocycles. The minimum Gasteiger partial charge on any atom is -0.494 e. The average Bonchev–Trinajstić information content (AvgIpc) is 3.16. The van der Waals surface area contributed by atoms with Crippen molar-refractivity contribution in [2.75, 3.05) is 18.9 Å². The molecule has 0 aliphatic carbocycles. The number of ether oxygens (including phenoxy) is 1. The summed E-state index contributed by atoms with van der Waals surface area (Å²) in [4.78, 5) is 12.2. The average molecular weight is 489 g/mol. The molecule has 158 valence electrons. The first kappa shape index (κ1) is 22.4. The number of aromatic nitrogens is 3. The molecule has 3 rings (SSSR count). The number of hydrogen-bond donors (Lipinski definition) is 1. The van der Waals surface area contributed by atoms with E-state index in [2.05, 4.69) is 45.3 Å². The van der Waals surface area contributed by atoms with Gasteiger partial charge in [-0.3, -0.25) is 9.36 Å². The summed E-state index contributed by atoms with van der Waals surface area (Å²) in [5.74, 6) is 2.21. The Bertz CT molecular complexity index is 972. The van der Waals surface area contributed by atoms with Crippen molar-refractivity contribution in [3.05, 3.63) is 53.0 Å². The fourth-order valence-electron chi connectivity index (χ4n) is 2.74. The first-order chi connectivity index (χ1) is 14.5. The van der Waals surface area contributed by atoms with E-state index in [-0.39, 0.29) is 11.7 Å². The molecule has 0 radical (unpaired) electrons.